The first kappa shape index (κ1) is 29.0. The fraction of sp³-hybridized carbons (Fsp3) is 0.152. The Morgan fingerprint density at radius 2 is 1.60 bits per heavy atom. The molecule has 0 saturated heterocycles. The summed E-state index contributed by atoms with van der Waals surface area (Å²) in [6, 6.07) is 32.9. The molecular formula is C33H28FN3O6. The van der Waals surface area contributed by atoms with Crippen LogP contribution in [0.1, 0.15) is 27.2 Å². The van der Waals surface area contributed by atoms with Crippen LogP contribution in [0.3, 0.4) is 0 Å². The molecule has 10 heteroatoms. The van der Waals surface area contributed by atoms with Gasteiger partial charge in [-0.3, -0.25) is 0 Å². The monoisotopic (exact) mass is 581 g/mol. The van der Waals surface area contributed by atoms with Gasteiger partial charge in [-0.2, -0.15) is 0 Å². The Balaban J connectivity index is 1.26. The number of aromatic nitrogens is 1. The van der Waals surface area contributed by atoms with E-state index in [2.05, 4.69) is 14.7 Å². The van der Waals surface area contributed by atoms with E-state index in [4.69, 9.17) is 9.47 Å². The first-order chi connectivity index (χ1) is 20.9. The quantitative estimate of drug-likeness (QED) is 0.0670. The molecule has 5 rings (SSSR count). The minimum Gasteiger partial charge on any atom is -0.487 e. The van der Waals surface area contributed by atoms with Crippen LogP contribution in [0.4, 0.5) is 10.1 Å². The van der Waals surface area contributed by atoms with Gasteiger partial charge < -0.3 is 19.2 Å². The molecule has 0 fully saturated rings. The van der Waals surface area contributed by atoms with Crippen molar-refractivity contribution in [1.29, 1.82) is 0 Å². The molecule has 1 aromatic heterocycles. The van der Waals surface area contributed by atoms with E-state index in [1.165, 1.54) is 12.1 Å². The fourth-order valence-electron chi connectivity index (χ4n) is 4.49. The number of carbonyl (C=O) groups excluding carboxylic acids is 1. The van der Waals surface area contributed by atoms with Gasteiger partial charge in [0.15, 0.2) is 0 Å². The number of ether oxygens (including phenoxy) is 2. The summed E-state index contributed by atoms with van der Waals surface area (Å²) in [5, 5.41) is 10.4. The van der Waals surface area contributed by atoms with Gasteiger partial charge in [-0.15, -0.1) is 10.1 Å². The highest BCUT2D eigenvalue weighted by Gasteiger charge is 2.12. The minimum atomic E-state index is -0.942. The van der Waals surface area contributed by atoms with Gasteiger partial charge in [0.1, 0.15) is 31.4 Å². The van der Waals surface area contributed by atoms with E-state index >= 15 is 0 Å². The zero-order valence-corrected chi connectivity index (χ0v) is 23.1. The zero-order valence-electron chi connectivity index (χ0n) is 23.1. The van der Waals surface area contributed by atoms with E-state index in [-0.39, 0.29) is 19.0 Å². The summed E-state index contributed by atoms with van der Waals surface area (Å²) < 4.78 is 25.0. The molecule has 0 aliphatic heterocycles. The topological polar surface area (TPSA) is 104 Å². The Kier molecular flexibility index (Phi) is 9.38. The molecule has 4 aromatic carbocycles. The van der Waals surface area contributed by atoms with Gasteiger partial charge in [0.25, 0.3) is 5.09 Å². The Labute approximate surface area is 247 Å². The first-order valence-electron chi connectivity index (χ1n) is 13.5. The van der Waals surface area contributed by atoms with Crippen LogP contribution in [0.5, 0.6) is 5.75 Å². The average Bonchev–Trinajstić information content (AvgIpc) is 3.02. The highest BCUT2D eigenvalue weighted by molar-refractivity contribution is 5.89. The number of nitrogens with zero attached hydrogens (tertiary/aromatic N) is 3. The average molecular weight is 582 g/mol. The molecule has 0 amide bonds. The van der Waals surface area contributed by atoms with Gasteiger partial charge in [0, 0.05) is 24.2 Å². The molecule has 0 bridgehead atoms. The molecule has 0 atom stereocenters. The van der Waals surface area contributed by atoms with Crippen molar-refractivity contribution >= 4 is 22.6 Å². The number of para-hydroxylation sites is 1. The van der Waals surface area contributed by atoms with Crippen molar-refractivity contribution in [2.24, 2.45) is 0 Å². The maximum atomic E-state index is 14.0. The van der Waals surface area contributed by atoms with E-state index in [0.717, 1.165) is 33.4 Å². The lowest BCUT2D eigenvalue weighted by molar-refractivity contribution is -0.757. The molecule has 218 valence electrons. The van der Waals surface area contributed by atoms with Crippen LogP contribution in [0, 0.1) is 15.9 Å². The van der Waals surface area contributed by atoms with Gasteiger partial charge >= 0.3 is 5.97 Å². The highest BCUT2D eigenvalue weighted by Crippen LogP contribution is 2.25. The fourth-order valence-corrected chi connectivity index (χ4v) is 4.49. The van der Waals surface area contributed by atoms with Crippen LogP contribution in [0.2, 0.25) is 0 Å². The molecule has 5 aromatic rings. The van der Waals surface area contributed by atoms with Crippen molar-refractivity contribution in [3.63, 3.8) is 0 Å². The molecule has 0 radical (unpaired) electrons. The number of rotatable bonds is 13. The van der Waals surface area contributed by atoms with Crippen LogP contribution in [-0.2, 0) is 29.3 Å². The van der Waals surface area contributed by atoms with Crippen molar-refractivity contribution in [2.75, 3.05) is 18.1 Å². The molecule has 9 nitrogen and oxygen atoms in total. The third-order valence-electron chi connectivity index (χ3n) is 6.58. The number of anilines is 1. The van der Waals surface area contributed by atoms with Gasteiger partial charge in [-0.25, -0.2) is 14.2 Å². The predicted molar refractivity (Wildman–Crippen MR) is 158 cm³/mol. The lowest BCUT2D eigenvalue weighted by Gasteiger charge is -2.26. The van der Waals surface area contributed by atoms with Gasteiger partial charge in [-0.05, 0) is 71.8 Å². The number of pyridine rings is 1. The van der Waals surface area contributed by atoms with Crippen molar-refractivity contribution in [2.45, 2.75) is 19.7 Å². The SMILES string of the molecule is O=C(OCCO[N+](=O)[O-])c1ccc(CN(Cc2cccc(F)c2)c2ccc(OCc3ccc4ccccc4n3)cc2)cc1. The summed E-state index contributed by atoms with van der Waals surface area (Å²) in [6.45, 7) is 0.676. The lowest BCUT2D eigenvalue weighted by Crippen LogP contribution is -2.22. The molecule has 1 heterocycles. The number of hydrogen-bond donors (Lipinski definition) is 0. The smallest absolute Gasteiger partial charge is 0.338 e. The summed E-state index contributed by atoms with van der Waals surface area (Å²) >= 11 is 0. The van der Waals surface area contributed by atoms with Crippen molar-refractivity contribution in [1.82, 2.24) is 4.98 Å². The third kappa shape index (κ3) is 8.26. The second kappa shape index (κ2) is 13.9. The second-order valence-corrected chi connectivity index (χ2v) is 9.65. The van der Waals surface area contributed by atoms with Gasteiger partial charge in [0.05, 0.1) is 16.8 Å². The molecule has 0 aliphatic carbocycles. The zero-order chi connectivity index (χ0) is 30.0. The minimum absolute atomic E-state index is 0.235. The summed E-state index contributed by atoms with van der Waals surface area (Å²) in [5.41, 5.74) is 4.66. The van der Waals surface area contributed by atoms with Gasteiger partial charge in [-0.1, -0.05) is 48.5 Å². The first-order valence-corrected chi connectivity index (χ1v) is 13.5. The van der Waals surface area contributed by atoms with Crippen LogP contribution < -0.4 is 9.64 Å². The number of carbonyl (C=O) groups is 1. The van der Waals surface area contributed by atoms with Crippen molar-refractivity contribution in [3.8, 4) is 5.75 Å². The van der Waals surface area contributed by atoms with Crippen LogP contribution in [0.15, 0.2) is 109 Å². The van der Waals surface area contributed by atoms with Crippen LogP contribution in [-0.4, -0.2) is 29.3 Å². The number of fused-ring (bicyclic) bond motifs is 1. The summed E-state index contributed by atoms with van der Waals surface area (Å²) in [5.74, 6) is -0.226. The highest BCUT2D eigenvalue weighted by atomic mass is 19.1. The lowest BCUT2D eigenvalue weighted by atomic mass is 10.1. The number of hydrogen-bond acceptors (Lipinski definition) is 8. The summed E-state index contributed by atoms with van der Waals surface area (Å²) in [6.07, 6.45) is 0. The summed E-state index contributed by atoms with van der Waals surface area (Å²) in [7, 11) is 0. The van der Waals surface area contributed by atoms with Gasteiger partial charge in [0.2, 0.25) is 0 Å². The van der Waals surface area contributed by atoms with E-state index in [0.29, 0.717) is 31.0 Å². The van der Waals surface area contributed by atoms with Crippen molar-refractivity contribution in [3.05, 3.63) is 148 Å². The van der Waals surface area contributed by atoms with E-state index < -0.39 is 11.1 Å². The van der Waals surface area contributed by atoms with Crippen molar-refractivity contribution < 1.29 is 28.6 Å². The Hall–Kier alpha value is -5.51. The molecule has 0 N–H and O–H groups in total. The Morgan fingerprint density at radius 3 is 2.37 bits per heavy atom. The predicted octanol–water partition coefficient (Wildman–Crippen LogP) is 6.52. The van der Waals surface area contributed by atoms with Crippen LogP contribution in [0.25, 0.3) is 10.9 Å². The third-order valence-corrected chi connectivity index (χ3v) is 6.58. The molecular weight excluding hydrogens is 553 g/mol. The molecule has 43 heavy (non-hydrogen) atoms. The van der Waals surface area contributed by atoms with Crippen LogP contribution >= 0.6 is 0 Å². The Bertz CT molecular complexity index is 1700. The number of esters is 1. The second-order valence-electron chi connectivity index (χ2n) is 9.65. The molecule has 0 unspecified atom stereocenters. The van der Waals surface area contributed by atoms with E-state index in [1.807, 2.05) is 66.7 Å². The largest absolute Gasteiger partial charge is 0.487 e. The summed E-state index contributed by atoms with van der Waals surface area (Å²) in [4.78, 5) is 33.4. The number of halogens is 1. The maximum absolute atomic E-state index is 14.0. The number of benzene rings is 4. The Morgan fingerprint density at radius 1 is 0.837 bits per heavy atom. The van der Waals surface area contributed by atoms with E-state index in [9.17, 15) is 19.3 Å². The molecule has 0 spiro atoms. The maximum Gasteiger partial charge on any atom is 0.338 e. The molecule has 0 aliphatic rings. The van der Waals surface area contributed by atoms with E-state index in [1.54, 1.807) is 30.3 Å². The standard InChI is InChI=1S/C33H28FN3O6/c34-28-6-3-4-25(20-28)22-36(21-24-8-10-27(11-9-24)33(38)41-18-19-43-37(39)40)30-14-16-31(17-15-30)42-23-29-13-12-26-5-1-2-7-32(26)35-29/h1-17,20H,18-19,21-23H2. The molecule has 0 saturated carbocycles. The normalized spacial score (nSPS) is 10.7.